The van der Waals surface area contributed by atoms with Crippen molar-refractivity contribution in [3.63, 3.8) is 0 Å². The molecule has 0 amide bonds. The van der Waals surface area contributed by atoms with Crippen LogP contribution in [0, 0.1) is 5.92 Å². The maximum atomic E-state index is 4.60. The van der Waals surface area contributed by atoms with Gasteiger partial charge in [0.05, 0.1) is 6.54 Å². The Bertz CT molecular complexity index is 278. The van der Waals surface area contributed by atoms with Gasteiger partial charge in [-0.2, -0.15) is 0 Å². The Hall–Kier alpha value is -0.220. The number of amidine groups is 1. The van der Waals surface area contributed by atoms with Gasteiger partial charge in [-0.05, 0) is 31.8 Å². The smallest absolute Gasteiger partial charge is 0.156 e. The fraction of sp³-hybridized carbons (Fsp3) is 0.923. The summed E-state index contributed by atoms with van der Waals surface area (Å²) in [6.07, 6.45) is 2.70. The summed E-state index contributed by atoms with van der Waals surface area (Å²) in [5.41, 5.74) is 0. The van der Waals surface area contributed by atoms with E-state index in [0.717, 1.165) is 25.0 Å². The van der Waals surface area contributed by atoms with Crippen molar-refractivity contribution >= 4 is 16.9 Å². The summed E-state index contributed by atoms with van der Waals surface area (Å²) in [6.45, 7) is 11.3. The van der Waals surface area contributed by atoms with Crippen LogP contribution in [0.2, 0.25) is 0 Å². The van der Waals surface area contributed by atoms with E-state index < -0.39 is 0 Å². The first-order valence-electron chi connectivity index (χ1n) is 6.89. The second-order valence-corrected chi connectivity index (χ2v) is 6.58. The number of nitrogens with zero attached hydrogens (tertiary/aromatic N) is 2. The number of hydrogen-bond acceptors (Lipinski definition) is 4. The Morgan fingerprint density at radius 2 is 2.35 bits per heavy atom. The van der Waals surface area contributed by atoms with Crippen molar-refractivity contribution in [3.8, 4) is 0 Å². The van der Waals surface area contributed by atoms with Crippen LogP contribution in [0.4, 0.5) is 0 Å². The zero-order valence-corrected chi connectivity index (χ0v) is 12.1. The van der Waals surface area contributed by atoms with Gasteiger partial charge in [0.2, 0.25) is 0 Å². The molecule has 1 saturated heterocycles. The Labute approximate surface area is 109 Å². The first-order chi connectivity index (χ1) is 8.20. The van der Waals surface area contributed by atoms with Crippen molar-refractivity contribution in [2.45, 2.75) is 44.9 Å². The van der Waals surface area contributed by atoms with Crippen molar-refractivity contribution in [1.29, 1.82) is 0 Å². The molecule has 0 aromatic heterocycles. The lowest BCUT2D eigenvalue weighted by Gasteiger charge is -2.23. The Morgan fingerprint density at radius 1 is 1.53 bits per heavy atom. The van der Waals surface area contributed by atoms with E-state index in [1.807, 2.05) is 11.8 Å². The molecule has 1 N–H and O–H groups in total. The molecule has 0 aliphatic carbocycles. The van der Waals surface area contributed by atoms with E-state index in [4.69, 9.17) is 0 Å². The van der Waals surface area contributed by atoms with E-state index in [2.05, 4.69) is 36.0 Å². The first kappa shape index (κ1) is 13.2. The van der Waals surface area contributed by atoms with Gasteiger partial charge in [-0.1, -0.05) is 32.5 Å². The molecule has 98 valence electrons. The van der Waals surface area contributed by atoms with Crippen LogP contribution < -0.4 is 5.32 Å². The van der Waals surface area contributed by atoms with E-state index in [9.17, 15) is 0 Å². The highest BCUT2D eigenvalue weighted by Crippen LogP contribution is 2.26. The van der Waals surface area contributed by atoms with E-state index >= 15 is 0 Å². The molecule has 2 heterocycles. The van der Waals surface area contributed by atoms with Gasteiger partial charge in [0.25, 0.3) is 0 Å². The van der Waals surface area contributed by atoms with E-state index in [1.54, 1.807) is 0 Å². The molecule has 0 saturated carbocycles. The van der Waals surface area contributed by atoms with Gasteiger partial charge < -0.3 is 5.32 Å². The van der Waals surface area contributed by atoms with Crippen LogP contribution in [-0.4, -0.2) is 47.5 Å². The van der Waals surface area contributed by atoms with Gasteiger partial charge in [-0.3, -0.25) is 9.89 Å². The lowest BCUT2D eigenvalue weighted by Crippen LogP contribution is -2.39. The normalized spacial score (nSPS) is 30.0. The predicted molar refractivity (Wildman–Crippen MR) is 76.8 cm³/mol. The summed E-state index contributed by atoms with van der Waals surface area (Å²) < 4.78 is 0. The molecule has 2 atom stereocenters. The number of hydrogen-bond donors (Lipinski definition) is 1. The standard InChI is InChI=1S/C13H25N3S/c1-4-16-7-5-6-11(16)8-14-13-15-9-12(17-13)10(2)3/h10-12H,4-9H2,1-3H3,(H,14,15). The van der Waals surface area contributed by atoms with Crippen molar-refractivity contribution in [2.75, 3.05) is 26.2 Å². The minimum atomic E-state index is 0.684. The van der Waals surface area contributed by atoms with Gasteiger partial charge in [-0.25, -0.2) is 0 Å². The van der Waals surface area contributed by atoms with Crippen LogP contribution in [0.25, 0.3) is 0 Å². The monoisotopic (exact) mass is 255 g/mol. The fourth-order valence-electron chi connectivity index (χ4n) is 2.58. The first-order valence-corrected chi connectivity index (χ1v) is 7.77. The lowest BCUT2D eigenvalue weighted by molar-refractivity contribution is 0.267. The number of rotatable bonds is 4. The summed E-state index contributed by atoms with van der Waals surface area (Å²) in [5.74, 6) is 0.724. The highest BCUT2D eigenvalue weighted by Gasteiger charge is 2.25. The molecule has 3 nitrogen and oxygen atoms in total. The minimum Gasteiger partial charge on any atom is -0.363 e. The Kier molecular flexibility index (Phi) is 4.74. The van der Waals surface area contributed by atoms with E-state index in [-0.39, 0.29) is 0 Å². The molecule has 2 aliphatic heterocycles. The molecular formula is C13H25N3S. The molecule has 0 spiro atoms. The van der Waals surface area contributed by atoms with Crippen LogP contribution in [0.1, 0.15) is 33.6 Å². The van der Waals surface area contributed by atoms with Crippen LogP contribution >= 0.6 is 11.8 Å². The summed E-state index contributed by atoms with van der Waals surface area (Å²) in [7, 11) is 0. The maximum Gasteiger partial charge on any atom is 0.156 e. The number of aliphatic imine (C=N–C) groups is 1. The quantitative estimate of drug-likeness (QED) is 0.834. The van der Waals surface area contributed by atoms with Gasteiger partial charge in [-0.15, -0.1) is 0 Å². The molecule has 2 unspecified atom stereocenters. The number of likely N-dealkylation sites (N-methyl/N-ethyl adjacent to an activating group) is 1. The second kappa shape index (κ2) is 6.10. The van der Waals surface area contributed by atoms with Gasteiger partial charge in [0, 0.05) is 17.8 Å². The average molecular weight is 255 g/mol. The maximum absolute atomic E-state index is 4.60. The highest BCUT2D eigenvalue weighted by atomic mass is 32.2. The van der Waals surface area contributed by atoms with Crippen molar-refractivity contribution in [3.05, 3.63) is 0 Å². The molecule has 2 aliphatic rings. The Balaban J connectivity index is 1.72. The van der Waals surface area contributed by atoms with Crippen LogP contribution in [0.15, 0.2) is 4.99 Å². The average Bonchev–Trinajstić information content (AvgIpc) is 2.95. The van der Waals surface area contributed by atoms with Crippen LogP contribution in [-0.2, 0) is 0 Å². The molecule has 4 heteroatoms. The van der Waals surface area contributed by atoms with Crippen molar-refractivity contribution in [2.24, 2.45) is 10.9 Å². The largest absolute Gasteiger partial charge is 0.363 e. The molecular weight excluding hydrogens is 230 g/mol. The zero-order chi connectivity index (χ0) is 12.3. The van der Waals surface area contributed by atoms with Crippen molar-refractivity contribution in [1.82, 2.24) is 10.2 Å². The van der Waals surface area contributed by atoms with Gasteiger partial charge in [0.15, 0.2) is 5.17 Å². The number of thioether (sulfide) groups is 1. The molecule has 17 heavy (non-hydrogen) atoms. The topological polar surface area (TPSA) is 27.6 Å². The second-order valence-electron chi connectivity index (χ2n) is 5.35. The third kappa shape index (κ3) is 3.38. The third-order valence-corrected chi connectivity index (χ3v) is 5.31. The number of likely N-dealkylation sites (tertiary alicyclic amines) is 1. The summed E-state index contributed by atoms with van der Waals surface area (Å²) >= 11 is 1.93. The van der Waals surface area contributed by atoms with Crippen molar-refractivity contribution < 1.29 is 0 Å². The Morgan fingerprint density at radius 3 is 3.00 bits per heavy atom. The predicted octanol–water partition coefficient (Wildman–Crippen LogP) is 2.19. The van der Waals surface area contributed by atoms with E-state index in [1.165, 1.54) is 31.1 Å². The molecule has 0 aromatic carbocycles. The van der Waals surface area contributed by atoms with Crippen LogP contribution in [0.5, 0.6) is 0 Å². The SMILES string of the molecule is CCN1CCCC1CNC1=NCC(C(C)C)S1. The number of nitrogens with one attached hydrogen (secondary N) is 1. The van der Waals surface area contributed by atoms with Crippen LogP contribution in [0.3, 0.4) is 0 Å². The minimum absolute atomic E-state index is 0.684. The molecule has 0 bridgehead atoms. The third-order valence-electron chi connectivity index (χ3n) is 3.82. The van der Waals surface area contributed by atoms with Gasteiger partial charge >= 0.3 is 0 Å². The summed E-state index contributed by atoms with van der Waals surface area (Å²) in [6, 6.07) is 0.724. The zero-order valence-electron chi connectivity index (χ0n) is 11.3. The van der Waals surface area contributed by atoms with E-state index in [0.29, 0.717) is 5.25 Å². The molecule has 0 aromatic rings. The lowest BCUT2D eigenvalue weighted by atomic mass is 10.1. The highest BCUT2D eigenvalue weighted by molar-refractivity contribution is 8.14. The molecule has 0 radical (unpaired) electrons. The summed E-state index contributed by atoms with van der Waals surface area (Å²) in [4.78, 5) is 7.18. The molecule has 1 fully saturated rings. The summed E-state index contributed by atoms with van der Waals surface area (Å²) in [5, 5.41) is 5.40. The fourth-order valence-corrected chi connectivity index (χ4v) is 3.61. The van der Waals surface area contributed by atoms with Gasteiger partial charge in [0.1, 0.15) is 0 Å². The molecule has 2 rings (SSSR count).